The van der Waals surface area contributed by atoms with E-state index in [1.54, 1.807) is 23.1 Å². The lowest BCUT2D eigenvalue weighted by molar-refractivity contribution is -0.120. The number of anilines is 1. The van der Waals surface area contributed by atoms with E-state index in [1.165, 1.54) is 0 Å². The molecule has 1 atom stereocenters. The van der Waals surface area contributed by atoms with Gasteiger partial charge in [-0.15, -0.1) is 0 Å². The maximum Gasteiger partial charge on any atom is 0.243 e. The van der Waals surface area contributed by atoms with Gasteiger partial charge in [0.2, 0.25) is 5.91 Å². The van der Waals surface area contributed by atoms with Gasteiger partial charge in [-0.1, -0.05) is 23.2 Å². The van der Waals surface area contributed by atoms with E-state index in [0.29, 0.717) is 16.6 Å². The van der Waals surface area contributed by atoms with E-state index < -0.39 is 6.04 Å². The van der Waals surface area contributed by atoms with E-state index in [0.717, 1.165) is 18.5 Å². The predicted octanol–water partition coefficient (Wildman–Crippen LogP) is 2.45. The molecule has 2 rings (SSSR count). The lowest BCUT2D eigenvalue weighted by Crippen LogP contribution is -2.48. The smallest absolute Gasteiger partial charge is 0.243 e. The molecular formula is C11H12Cl2N2O. The van der Waals surface area contributed by atoms with Crippen LogP contribution in [0.5, 0.6) is 0 Å². The van der Waals surface area contributed by atoms with Crippen LogP contribution in [0.15, 0.2) is 18.2 Å². The predicted molar refractivity (Wildman–Crippen MR) is 66.0 cm³/mol. The maximum absolute atomic E-state index is 11.8. The van der Waals surface area contributed by atoms with Crippen molar-refractivity contribution in [3.05, 3.63) is 28.2 Å². The van der Waals surface area contributed by atoms with Crippen molar-refractivity contribution in [3.63, 3.8) is 0 Å². The number of rotatable bonds is 1. The van der Waals surface area contributed by atoms with E-state index in [4.69, 9.17) is 28.9 Å². The first-order valence-electron chi connectivity index (χ1n) is 5.11. The van der Waals surface area contributed by atoms with Crippen LogP contribution in [-0.2, 0) is 4.79 Å². The van der Waals surface area contributed by atoms with Crippen molar-refractivity contribution in [2.45, 2.75) is 18.9 Å². The van der Waals surface area contributed by atoms with Crippen molar-refractivity contribution in [2.24, 2.45) is 5.73 Å². The molecule has 1 amide bonds. The number of amides is 1. The Morgan fingerprint density at radius 1 is 1.31 bits per heavy atom. The number of hydrogen-bond donors (Lipinski definition) is 1. The van der Waals surface area contributed by atoms with Crippen LogP contribution >= 0.6 is 23.2 Å². The average Bonchev–Trinajstić information content (AvgIpc) is 2.26. The van der Waals surface area contributed by atoms with Crippen LogP contribution < -0.4 is 10.6 Å². The summed E-state index contributed by atoms with van der Waals surface area (Å²) in [6.45, 7) is 0.685. The summed E-state index contributed by atoms with van der Waals surface area (Å²) in [6.07, 6.45) is 1.66. The zero-order valence-corrected chi connectivity index (χ0v) is 10.1. The summed E-state index contributed by atoms with van der Waals surface area (Å²) >= 11 is 11.7. The number of nitrogens with two attached hydrogens (primary N) is 1. The molecule has 1 aliphatic rings. The van der Waals surface area contributed by atoms with E-state index in [-0.39, 0.29) is 5.91 Å². The fraction of sp³-hybridized carbons (Fsp3) is 0.364. The largest absolute Gasteiger partial charge is 0.320 e. The quantitative estimate of drug-likeness (QED) is 0.842. The summed E-state index contributed by atoms with van der Waals surface area (Å²) in [7, 11) is 0. The molecular weight excluding hydrogens is 247 g/mol. The molecule has 0 aliphatic carbocycles. The van der Waals surface area contributed by atoms with Gasteiger partial charge in [-0.05, 0) is 31.0 Å². The summed E-state index contributed by atoms with van der Waals surface area (Å²) in [4.78, 5) is 13.5. The van der Waals surface area contributed by atoms with Crippen LogP contribution in [0.3, 0.4) is 0 Å². The second-order valence-corrected chi connectivity index (χ2v) is 4.65. The average molecular weight is 259 g/mol. The highest BCUT2D eigenvalue weighted by Crippen LogP contribution is 2.28. The third-order valence-corrected chi connectivity index (χ3v) is 3.43. The number of halogens is 2. The van der Waals surface area contributed by atoms with Gasteiger partial charge in [0, 0.05) is 12.2 Å². The Bertz CT molecular complexity index is 422. The minimum absolute atomic E-state index is 0.0513. The molecule has 86 valence electrons. The maximum atomic E-state index is 11.8. The Hall–Kier alpha value is -0.770. The molecule has 1 unspecified atom stereocenters. The highest BCUT2D eigenvalue weighted by Gasteiger charge is 2.26. The van der Waals surface area contributed by atoms with Crippen molar-refractivity contribution >= 4 is 34.8 Å². The molecule has 0 saturated carbocycles. The van der Waals surface area contributed by atoms with Crippen LogP contribution in [-0.4, -0.2) is 18.5 Å². The van der Waals surface area contributed by atoms with Gasteiger partial charge >= 0.3 is 0 Å². The van der Waals surface area contributed by atoms with Gasteiger partial charge in [-0.3, -0.25) is 4.79 Å². The molecule has 3 nitrogen and oxygen atoms in total. The molecule has 0 aromatic heterocycles. The number of benzene rings is 1. The van der Waals surface area contributed by atoms with Crippen LogP contribution in [0, 0.1) is 0 Å². The molecule has 0 radical (unpaired) electrons. The van der Waals surface area contributed by atoms with Gasteiger partial charge in [-0.2, -0.15) is 0 Å². The first-order chi connectivity index (χ1) is 7.59. The Balaban J connectivity index is 2.29. The summed E-state index contributed by atoms with van der Waals surface area (Å²) < 4.78 is 0. The Labute approximate surface area is 104 Å². The minimum Gasteiger partial charge on any atom is -0.320 e. The Morgan fingerprint density at radius 2 is 2.06 bits per heavy atom. The normalized spacial score (nSPS) is 21.3. The third-order valence-electron chi connectivity index (χ3n) is 2.69. The molecule has 0 bridgehead atoms. The molecule has 1 aliphatic heterocycles. The van der Waals surface area contributed by atoms with Crippen LogP contribution in [0.4, 0.5) is 5.69 Å². The van der Waals surface area contributed by atoms with E-state index in [9.17, 15) is 4.79 Å². The van der Waals surface area contributed by atoms with Crippen molar-refractivity contribution < 1.29 is 4.79 Å². The highest BCUT2D eigenvalue weighted by atomic mass is 35.5. The summed E-state index contributed by atoms with van der Waals surface area (Å²) in [6, 6.07) is 4.76. The van der Waals surface area contributed by atoms with Gasteiger partial charge in [0.15, 0.2) is 0 Å². The van der Waals surface area contributed by atoms with Crippen molar-refractivity contribution in [1.82, 2.24) is 0 Å². The SMILES string of the molecule is NC1CCCN(c2ccc(Cl)c(Cl)c2)C1=O. The van der Waals surface area contributed by atoms with E-state index in [1.807, 2.05) is 0 Å². The fourth-order valence-electron chi connectivity index (χ4n) is 1.81. The lowest BCUT2D eigenvalue weighted by atomic mass is 10.1. The third kappa shape index (κ3) is 2.17. The van der Waals surface area contributed by atoms with Crippen molar-refractivity contribution in [3.8, 4) is 0 Å². The van der Waals surface area contributed by atoms with Crippen LogP contribution in [0.1, 0.15) is 12.8 Å². The minimum atomic E-state index is -0.400. The zero-order chi connectivity index (χ0) is 11.7. The van der Waals surface area contributed by atoms with E-state index >= 15 is 0 Å². The van der Waals surface area contributed by atoms with Crippen LogP contribution in [0.25, 0.3) is 0 Å². The molecule has 5 heteroatoms. The first kappa shape index (κ1) is 11.7. The van der Waals surface area contributed by atoms with Gasteiger partial charge in [0.25, 0.3) is 0 Å². The number of nitrogens with zero attached hydrogens (tertiary/aromatic N) is 1. The standard InChI is InChI=1S/C11H12Cl2N2O/c12-8-4-3-7(6-9(8)13)15-5-1-2-10(14)11(15)16/h3-4,6,10H,1-2,5,14H2. The molecule has 16 heavy (non-hydrogen) atoms. The summed E-state index contributed by atoms with van der Waals surface area (Å²) in [5, 5.41) is 0.935. The Kier molecular flexibility index (Phi) is 3.38. The monoisotopic (exact) mass is 258 g/mol. The zero-order valence-electron chi connectivity index (χ0n) is 8.62. The molecule has 1 heterocycles. The molecule has 1 saturated heterocycles. The van der Waals surface area contributed by atoms with Gasteiger partial charge < -0.3 is 10.6 Å². The first-order valence-corrected chi connectivity index (χ1v) is 5.87. The molecule has 1 aromatic rings. The second kappa shape index (κ2) is 4.62. The van der Waals surface area contributed by atoms with E-state index in [2.05, 4.69) is 0 Å². The van der Waals surface area contributed by atoms with Crippen molar-refractivity contribution in [2.75, 3.05) is 11.4 Å². The summed E-state index contributed by atoms with van der Waals surface area (Å²) in [5.41, 5.74) is 6.48. The molecule has 2 N–H and O–H groups in total. The molecule has 1 fully saturated rings. The van der Waals surface area contributed by atoms with Crippen molar-refractivity contribution in [1.29, 1.82) is 0 Å². The topological polar surface area (TPSA) is 46.3 Å². The number of hydrogen-bond acceptors (Lipinski definition) is 2. The van der Waals surface area contributed by atoms with Gasteiger partial charge in [0.1, 0.15) is 0 Å². The van der Waals surface area contributed by atoms with Gasteiger partial charge in [0.05, 0.1) is 16.1 Å². The highest BCUT2D eigenvalue weighted by molar-refractivity contribution is 6.42. The molecule has 1 aromatic carbocycles. The van der Waals surface area contributed by atoms with Crippen LogP contribution in [0.2, 0.25) is 10.0 Å². The summed E-state index contributed by atoms with van der Waals surface area (Å²) in [5.74, 6) is -0.0513. The van der Waals surface area contributed by atoms with Gasteiger partial charge in [-0.25, -0.2) is 0 Å². The molecule has 0 spiro atoms. The fourth-order valence-corrected chi connectivity index (χ4v) is 2.10. The lowest BCUT2D eigenvalue weighted by Gasteiger charge is -2.30. The number of carbonyl (C=O) groups excluding carboxylic acids is 1. The number of piperidine rings is 1. The Morgan fingerprint density at radius 3 is 2.75 bits per heavy atom. The number of carbonyl (C=O) groups is 1. The second-order valence-electron chi connectivity index (χ2n) is 3.84.